The maximum absolute atomic E-state index is 11.3. The summed E-state index contributed by atoms with van der Waals surface area (Å²) in [6.45, 7) is 3.38. The van der Waals surface area contributed by atoms with Gasteiger partial charge in [0.1, 0.15) is 0 Å². The van der Waals surface area contributed by atoms with Crippen LogP contribution in [-0.2, 0) is 17.3 Å². The molecule has 4 heteroatoms. The van der Waals surface area contributed by atoms with E-state index in [1.807, 2.05) is 29.9 Å². The Morgan fingerprint density at radius 1 is 1.41 bits per heavy atom. The first-order valence-corrected chi connectivity index (χ1v) is 5.71. The van der Waals surface area contributed by atoms with Crippen LogP contribution in [0.15, 0.2) is 24.4 Å². The van der Waals surface area contributed by atoms with Gasteiger partial charge in [-0.1, -0.05) is 17.7 Å². The molecule has 2 aromatic rings. The van der Waals surface area contributed by atoms with E-state index in [1.165, 1.54) is 0 Å². The minimum atomic E-state index is -0.954. The molecule has 0 aliphatic heterocycles. The zero-order valence-corrected chi connectivity index (χ0v) is 10.7. The van der Waals surface area contributed by atoms with Crippen molar-refractivity contribution in [1.82, 2.24) is 4.57 Å². The van der Waals surface area contributed by atoms with Gasteiger partial charge in [0, 0.05) is 24.1 Å². The van der Waals surface area contributed by atoms with Crippen LogP contribution >= 0.6 is 11.6 Å². The first kappa shape index (κ1) is 12.0. The van der Waals surface area contributed by atoms with Crippen molar-refractivity contribution in [3.63, 3.8) is 0 Å². The highest BCUT2D eigenvalue weighted by Crippen LogP contribution is 2.35. The topological polar surface area (TPSA) is 42.2 Å². The molecule has 0 saturated heterocycles. The van der Waals surface area contributed by atoms with Crippen LogP contribution in [-0.4, -0.2) is 15.6 Å². The van der Waals surface area contributed by atoms with Crippen LogP contribution in [0.3, 0.4) is 0 Å². The van der Waals surface area contributed by atoms with Crippen molar-refractivity contribution in [3.8, 4) is 0 Å². The smallest absolute Gasteiger partial charge is 0.313 e. The van der Waals surface area contributed by atoms with Crippen LogP contribution in [0.4, 0.5) is 0 Å². The SMILES string of the molecule is Cn1cc(C(C)(C)C(=O)O)c2c(Cl)cccc21. The fourth-order valence-electron chi connectivity index (χ4n) is 1.99. The molecule has 2 rings (SSSR count). The molecule has 0 atom stereocenters. The lowest BCUT2D eigenvalue weighted by Crippen LogP contribution is -2.28. The first-order valence-electron chi connectivity index (χ1n) is 5.33. The highest BCUT2D eigenvalue weighted by atomic mass is 35.5. The van der Waals surface area contributed by atoms with Crippen molar-refractivity contribution in [2.75, 3.05) is 0 Å². The fraction of sp³-hybridized carbons (Fsp3) is 0.308. The third-order valence-corrected chi connectivity index (χ3v) is 3.49. The third kappa shape index (κ3) is 1.71. The van der Waals surface area contributed by atoms with Crippen molar-refractivity contribution < 1.29 is 9.90 Å². The number of carboxylic acid groups (broad SMARTS) is 1. The van der Waals surface area contributed by atoms with Crippen LogP contribution in [0.2, 0.25) is 5.02 Å². The number of aromatic nitrogens is 1. The van der Waals surface area contributed by atoms with E-state index in [2.05, 4.69) is 0 Å². The maximum atomic E-state index is 11.3. The van der Waals surface area contributed by atoms with Crippen molar-refractivity contribution in [2.24, 2.45) is 7.05 Å². The molecule has 0 aliphatic carbocycles. The normalized spacial score (nSPS) is 12.0. The number of halogens is 1. The molecule has 17 heavy (non-hydrogen) atoms. The number of carbonyl (C=O) groups is 1. The lowest BCUT2D eigenvalue weighted by Gasteiger charge is -2.18. The summed E-state index contributed by atoms with van der Waals surface area (Å²) in [4.78, 5) is 11.3. The Balaban J connectivity index is 2.84. The van der Waals surface area contributed by atoms with Crippen LogP contribution in [0.25, 0.3) is 10.9 Å². The molecular formula is C13H14ClNO2. The predicted octanol–water partition coefficient (Wildman–Crippen LogP) is 3.19. The Morgan fingerprint density at radius 3 is 2.65 bits per heavy atom. The van der Waals surface area contributed by atoms with Crippen LogP contribution in [0.5, 0.6) is 0 Å². The number of rotatable bonds is 2. The largest absolute Gasteiger partial charge is 0.481 e. The molecule has 0 radical (unpaired) electrons. The van der Waals surface area contributed by atoms with E-state index in [9.17, 15) is 9.90 Å². The summed E-state index contributed by atoms with van der Waals surface area (Å²) in [6, 6.07) is 5.58. The number of fused-ring (bicyclic) bond motifs is 1. The summed E-state index contributed by atoms with van der Waals surface area (Å²) >= 11 is 6.18. The summed E-state index contributed by atoms with van der Waals surface area (Å²) in [6.07, 6.45) is 1.84. The monoisotopic (exact) mass is 251 g/mol. The summed E-state index contributed by atoms with van der Waals surface area (Å²) in [5, 5.41) is 10.7. The zero-order valence-electron chi connectivity index (χ0n) is 9.99. The minimum absolute atomic E-state index is 0.590. The van der Waals surface area contributed by atoms with Gasteiger partial charge in [-0.3, -0.25) is 4.79 Å². The van der Waals surface area contributed by atoms with Crippen molar-refractivity contribution in [3.05, 3.63) is 35.0 Å². The Hall–Kier alpha value is -1.48. The first-order chi connectivity index (χ1) is 7.85. The van der Waals surface area contributed by atoms with Gasteiger partial charge in [-0.25, -0.2) is 0 Å². The van der Waals surface area contributed by atoms with E-state index in [0.717, 1.165) is 16.5 Å². The second-order valence-corrected chi connectivity index (χ2v) is 5.12. The van der Waals surface area contributed by atoms with Crippen LogP contribution < -0.4 is 0 Å². The fourth-order valence-corrected chi connectivity index (χ4v) is 2.26. The number of aliphatic carboxylic acids is 1. The predicted molar refractivity (Wildman–Crippen MR) is 68.6 cm³/mol. The lowest BCUT2D eigenvalue weighted by atomic mass is 9.84. The molecular weight excluding hydrogens is 238 g/mol. The third-order valence-electron chi connectivity index (χ3n) is 3.17. The van der Waals surface area contributed by atoms with E-state index in [0.29, 0.717) is 5.02 Å². The summed E-state index contributed by atoms with van der Waals surface area (Å²) in [5.74, 6) is -0.857. The van der Waals surface area contributed by atoms with Crippen LogP contribution in [0.1, 0.15) is 19.4 Å². The molecule has 0 saturated carbocycles. The Kier molecular flexibility index (Phi) is 2.66. The van der Waals surface area contributed by atoms with E-state index >= 15 is 0 Å². The molecule has 0 spiro atoms. The minimum Gasteiger partial charge on any atom is -0.481 e. The number of nitrogens with zero attached hydrogens (tertiary/aromatic N) is 1. The van der Waals surface area contributed by atoms with E-state index in [1.54, 1.807) is 19.9 Å². The molecule has 0 bridgehead atoms. The van der Waals surface area contributed by atoms with E-state index < -0.39 is 11.4 Å². The van der Waals surface area contributed by atoms with Crippen LogP contribution in [0, 0.1) is 0 Å². The molecule has 0 amide bonds. The van der Waals surface area contributed by atoms with E-state index in [-0.39, 0.29) is 0 Å². The number of benzene rings is 1. The summed E-state index contributed by atoms with van der Waals surface area (Å²) in [7, 11) is 1.89. The van der Waals surface area contributed by atoms with Gasteiger partial charge in [-0.2, -0.15) is 0 Å². The molecule has 3 nitrogen and oxygen atoms in total. The number of hydrogen-bond donors (Lipinski definition) is 1. The Labute approximate surface area is 105 Å². The molecule has 1 aromatic heterocycles. The number of aryl methyl sites for hydroxylation is 1. The van der Waals surface area contributed by atoms with Gasteiger partial charge in [-0.05, 0) is 31.5 Å². The highest BCUT2D eigenvalue weighted by molar-refractivity contribution is 6.35. The second kappa shape index (κ2) is 3.77. The van der Waals surface area contributed by atoms with Gasteiger partial charge in [0.2, 0.25) is 0 Å². The average molecular weight is 252 g/mol. The summed E-state index contributed by atoms with van der Waals surface area (Å²) in [5.41, 5.74) is 0.736. The highest BCUT2D eigenvalue weighted by Gasteiger charge is 2.33. The molecule has 0 unspecified atom stereocenters. The van der Waals surface area contributed by atoms with Crippen molar-refractivity contribution in [1.29, 1.82) is 0 Å². The molecule has 1 aromatic carbocycles. The summed E-state index contributed by atoms with van der Waals surface area (Å²) < 4.78 is 1.90. The van der Waals surface area contributed by atoms with Crippen molar-refractivity contribution in [2.45, 2.75) is 19.3 Å². The molecule has 0 fully saturated rings. The standard InChI is InChI=1S/C13H14ClNO2/c1-13(2,12(16)17)8-7-15(3)10-6-4-5-9(14)11(8)10/h4-7H,1-3H3,(H,16,17). The maximum Gasteiger partial charge on any atom is 0.313 e. The van der Waals surface area contributed by atoms with Gasteiger partial charge in [0.25, 0.3) is 0 Å². The van der Waals surface area contributed by atoms with Gasteiger partial charge < -0.3 is 9.67 Å². The Bertz CT molecular complexity index is 599. The van der Waals surface area contributed by atoms with Gasteiger partial charge in [0.05, 0.1) is 10.4 Å². The zero-order chi connectivity index (χ0) is 12.8. The number of carboxylic acids is 1. The van der Waals surface area contributed by atoms with Gasteiger partial charge in [-0.15, -0.1) is 0 Å². The molecule has 0 aliphatic rings. The lowest BCUT2D eigenvalue weighted by molar-refractivity contribution is -0.142. The number of hydrogen-bond acceptors (Lipinski definition) is 1. The van der Waals surface area contributed by atoms with Gasteiger partial charge in [0.15, 0.2) is 0 Å². The molecule has 90 valence electrons. The quantitative estimate of drug-likeness (QED) is 0.891. The molecule has 1 N–H and O–H groups in total. The molecule has 1 heterocycles. The Morgan fingerprint density at radius 2 is 2.06 bits per heavy atom. The van der Waals surface area contributed by atoms with E-state index in [4.69, 9.17) is 11.6 Å². The van der Waals surface area contributed by atoms with Crippen molar-refractivity contribution >= 4 is 28.5 Å². The second-order valence-electron chi connectivity index (χ2n) is 4.72. The van der Waals surface area contributed by atoms with Gasteiger partial charge >= 0.3 is 5.97 Å². The average Bonchev–Trinajstić information content (AvgIpc) is 2.58.